The van der Waals surface area contributed by atoms with Crippen molar-refractivity contribution in [3.05, 3.63) is 102 Å². The minimum Gasteiger partial charge on any atom is -0.390 e. The smallest absolute Gasteiger partial charge is 0.253 e. The number of aliphatic hydroxyl groups is 2. The summed E-state index contributed by atoms with van der Waals surface area (Å²) in [7, 11) is 0. The standard InChI is InChI=1S/C48H52F2N4O10S/c1-25-16-18-45(4)34(20-25)35(49)21-33-32-22-38-48(37(57)24-55,46(32,5)23-36(56)47(33,45)50)64-44(63-38)28-6-10-30(11-7-28)65-31-12-8-29(9-13-31)53-43(62)27(3)52-42(61)26(2)51-39(58)17-19-54-40(59)14-15-41(54)60/h6-16,18,20,26-27,32-33,35-36,38,44,55-56H,1,17,19,21-24H2,2-5H3,(H,51,58)(H,52,61)(H,53,62)/t26-,27-,32-,33-,35-,36-,38+,44-,45-,46-,47-,48+/m0/s1. The van der Waals surface area contributed by atoms with E-state index < -0.39 is 113 Å². The number of benzene rings is 2. The third kappa shape index (κ3) is 7.68. The van der Waals surface area contributed by atoms with Crippen LogP contribution >= 0.6 is 11.8 Å². The first-order valence-electron chi connectivity index (χ1n) is 21.7. The molecule has 2 aromatic carbocycles. The zero-order valence-corrected chi connectivity index (χ0v) is 37.2. The van der Waals surface area contributed by atoms with Crippen LogP contribution in [0, 0.1) is 22.7 Å². The molecule has 14 nitrogen and oxygen atoms in total. The van der Waals surface area contributed by atoms with Gasteiger partial charge in [0.2, 0.25) is 17.7 Å². The van der Waals surface area contributed by atoms with Crippen LogP contribution in [0.1, 0.15) is 65.2 Å². The van der Waals surface area contributed by atoms with Crippen LogP contribution in [0.3, 0.4) is 0 Å². The Bertz CT molecular complexity index is 2410. The molecule has 3 saturated carbocycles. The van der Waals surface area contributed by atoms with Gasteiger partial charge in [-0.15, -0.1) is 0 Å². The molecule has 0 spiro atoms. The summed E-state index contributed by atoms with van der Waals surface area (Å²) in [5.41, 5.74) is -4.71. The molecule has 5 amide bonds. The van der Waals surface area contributed by atoms with E-state index in [4.69, 9.17) is 9.47 Å². The molecule has 0 radical (unpaired) electrons. The fraction of sp³-hybridized carbons (Fsp3) is 0.458. The maximum absolute atomic E-state index is 17.8. The number of nitrogens with one attached hydrogen (secondary N) is 3. The van der Waals surface area contributed by atoms with Crippen LogP contribution in [0.2, 0.25) is 0 Å². The Morgan fingerprint density at radius 2 is 1.55 bits per heavy atom. The summed E-state index contributed by atoms with van der Waals surface area (Å²) in [5.74, 6) is -4.88. The van der Waals surface area contributed by atoms with Gasteiger partial charge in [0.1, 0.15) is 24.9 Å². The van der Waals surface area contributed by atoms with Crippen molar-refractivity contribution in [2.45, 2.75) is 111 Å². The molecule has 8 rings (SSSR count). The highest BCUT2D eigenvalue weighted by Crippen LogP contribution is 2.72. The third-order valence-electron chi connectivity index (χ3n) is 14.5. The van der Waals surface area contributed by atoms with Crippen molar-refractivity contribution in [2.24, 2.45) is 22.7 Å². The van der Waals surface area contributed by atoms with Gasteiger partial charge in [-0.25, -0.2) is 8.78 Å². The Kier molecular flexibility index (Phi) is 12.2. The first kappa shape index (κ1) is 46.2. The van der Waals surface area contributed by atoms with Gasteiger partial charge in [0.25, 0.3) is 11.8 Å². The number of hydrogen-bond donors (Lipinski definition) is 5. The van der Waals surface area contributed by atoms with E-state index in [0.717, 1.165) is 26.8 Å². The third-order valence-corrected chi connectivity index (χ3v) is 15.5. The van der Waals surface area contributed by atoms with Gasteiger partial charge in [0, 0.05) is 62.9 Å². The van der Waals surface area contributed by atoms with Crippen molar-refractivity contribution < 1.29 is 57.2 Å². The van der Waals surface area contributed by atoms with Crippen LogP contribution in [-0.2, 0) is 38.2 Å². The van der Waals surface area contributed by atoms with Crippen LogP contribution in [-0.4, -0.2) is 105 Å². The average Bonchev–Trinajstić information content (AvgIpc) is 3.90. The lowest BCUT2D eigenvalue weighted by atomic mass is 9.44. The largest absolute Gasteiger partial charge is 0.390 e. The Hall–Kier alpha value is -5.33. The number of carbonyl (C=O) groups excluding carboxylic acids is 6. The molecular weight excluding hydrogens is 863 g/mol. The number of Topliss-reactive ketones (excluding diaryl/α,β-unsaturated/α-hetero) is 1. The highest BCUT2D eigenvalue weighted by molar-refractivity contribution is 7.99. The normalized spacial score (nSPS) is 34.2. The highest BCUT2D eigenvalue weighted by atomic mass is 32.2. The first-order chi connectivity index (χ1) is 30.7. The number of aliphatic hydroxyl groups excluding tert-OH is 2. The van der Waals surface area contributed by atoms with Crippen LogP contribution in [0.4, 0.5) is 14.5 Å². The van der Waals surface area contributed by atoms with Crippen LogP contribution < -0.4 is 16.0 Å². The van der Waals surface area contributed by atoms with Crippen molar-refractivity contribution >= 4 is 52.8 Å². The molecule has 4 fully saturated rings. The lowest BCUT2D eigenvalue weighted by molar-refractivity contribution is -0.235. The van der Waals surface area contributed by atoms with E-state index in [-0.39, 0.29) is 37.8 Å². The summed E-state index contributed by atoms with van der Waals surface area (Å²) in [6.07, 6.45) is 1.73. The summed E-state index contributed by atoms with van der Waals surface area (Å²) in [5, 5.41) is 30.0. The molecule has 2 aliphatic heterocycles. The van der Waals surface area contributed by atoms with Gasteiger partial charge in [-0.3, -0.25) is 33.7 Å². The van der Waals surface area contributed by atoms with Gasteiger partial charge in [0.15, 0.2) is 23.3 Å². The lowest BCUT2D eigenvalue weighted by Gasteiger charge is -2.63. The molecule has 5 N–H and O–H groups in total. The molecule has 0 bridgehead atoms. The number of alkyl halides is 2. The number of nitrogens with zero attached hydrogens (tertiary/aromatic N) is 1. The monoisotopic (exact) mass is 914 g/mol. The Labute approximate surface area is 378 Å². The van der Waals surface area contributed by atoms with E-state index in [9.17, 15) is 39.0 Å². The van der Waals surface area contributed by atoms with E-state index in [0.29, 0.717) is 16.8 Å². The minimum atomic E-state index is -2.24. The van der Waals surface area contributed by atoms with E-state index in [1.165, 1.54) is 25.6 Å². The maximum Gasteiger partial charge on any atom is 0.253 e. The number of halogens is 2. The summed E-state index contributed by atoms with van der Waals surface area (Å²) >= 11 is 1.44. The fourth-order valence-corrected chi connectivity index (χ4v) is 11.9. The molecule has 0 unspecified atom stereocenters. The van der Waals surface area contributed by atoms with Crippen LogP contribution in [0.15, 0.2) is 106 Å². The molecule has 0 aromatic heterocycles. The number of rotatable bonds is 13. The van der Waals surface area contributed by atoms with Crippen molar-refractivity contribution in [3.63, 3.8) is 0 Å². The quantitative estimate of drug-likeness (QED) is 0.174. The molecule has 12 atom stereocenters. The summed E-state index contributed by atoms with van der Waals surface area (Å²) in [6.45, 7) is 9.25. The number of hydrogen-bond acceptors (Lipinski definition) is 11. The van der Waals surface area contributed by atoms with E-state index in [2.05, 4.69) is 22.5 Å². The number of imide groups is 1. The second-order valence-electron chi connectivity index (χ2n) is 18.3. The van der Waals surface area contributed by atoms with Crippen molar-refractivity contribution in [2.75, 3.05) is 18.5 Å². The van der Waals surface area contributed by atoms with Crippen molar-refractivity contribution in [1.82, 2.24) is 15.5 Å². The summed E-state index contributed by atoms with van der Waals surface area (Å²) < 4.78 is 47.0. The van der Waals surface area contributed by atoms with Crippen LogP contribution in [0.25, 0.3) is 0 Å². The average molecular weight is 915 g/mol. The number of carbonyl (C=O) groups is 6. The molecule has 4 aliphatic carbocycles. The Balaban J connectivity index is 0.866. The number of amides is 5. The van der Waals surface area contributed by atoms with E-state index >= 15 is 8.78 Å². The van der Waals surface area contributed by atoms with Gasteiger partial charge in [-0.05, 0) is 93.5 Å². The van der Waals surface area contributed by atoms with Crippen molar-refractivity contribution in [3.8, 4) is 0 Å². The number of fused-ring (bicyclic) bond motifs is 7. The molecule has 344 valence electrons. The highest BCUT2D eigenvalue weighted by Gasteiger charge is 2.80. The zero-order valence-electron chi connectivity index (χ0n) is 36.3. The van der Waals surface area contributed by atoms with Gasteiger partial charge in [-0.2, -0.15) is 0 Å². The number of ether oxygens (including phenoxy) is 2. The maximum atomic E-state index is 17.8. The van der Waals surface area contributed by atoms with Crippen molar-refractivity contribution in [1.29, 1.82) is 0 Å². The van der Waals surface area contributed by atoms with Gasteiger partial charge < -0.3 is 35.6 Å². The van der Waals surface area contributed by atoms with E-state index in [1.54, 1.807) is 68.5 Å². The second kappa shape index (κ2) is 17.1. The predicted octanol–water partition coefficient (Wildman–Crippen LogP) is 4.73. The SMILES string of the molecule is C=C1C=C[C@@]2(C)C(=C1)[C@@H](F)C[C@H]1[C@@H]3C[C@H]4O[C@H](c5ccc(Sc6ccc(NC(=O)[C@H](C)NC(=O)[C@H](C)NC(=O)CCN7C(=O)C=CC7=O)cc6)cc5)O[C@@]4(C(=O)CO)[C@@]3(C)C[C@H](O)[C@@]12F. The molecule has 17 heteroatoms. The molecule has 2 aromatic rings. The number of allylic oxidation sites excluding steroid dienone is 5. The summed E-state index contributed by atoms with van der Waals surface area (Å²) in [4.78, 5) is 77.9. The van der Waals surface area contributed by atoms with Gasteiger partial charge in [-0.1, -0.05) is 55.6 Å². The molecule has 65 heavy (non-hydrogen) atoms. The van der Waals surface area contributed by atoms with Gasteiger partial charge >= 0.3 is 0 Å². The first-order valence-corrected chi connectivity index (χ1v) is 22.5. The molecule has 2 heterocycles. The summed E-state index contributed by atoms with van der Waals surface area (Å²) in [6, 6.07) is 12.4. The van der Waals surface area contributed by atoms with Gasteiger partial charge in [0.05, 0.1) is 12.2 Å². The van der Waals surface area contributed by atoms with E-state index in [1.807, 2.05) is 12.1 Å². The lowest BCUT2D eigenvalue weighted by Crippen LogP contribution is -2.70. The number of ketones is 1. The Morgan fingerprint density at radius 3 is 2.20 bits per heavy atom. The van der Waals surface area contributed by atoms with Crippen LogP contribution in [0.5, 0.6) is 0 Å². The zero-order chi connectivity index (χ0) is 46.8. The Morgan fingerprint density at radius 1 is 0.923 bits per heavy atom. The predicted molar refractivity (Wildman–Crippen MR) is 233 cm³/mol. The second-order valence-corrected chi connectivity index (χ2v) is 19.4. The molecule has 1 saturated heterocycles. The number of anilines is 1. The minimum absolute atomic E-state index is 0.128. The molecular formula is C48H52F2N4O10S. The fourth-order valence-electron chi connectivity index (χ4n) is 11.1. The molecule has 6 aliphatic rings. The topological polar surface area (TPSA) is 201 Å².